The van der Waals surface area contributed by atoms with Gasteiger partial charge in [0, 0.05) is 23.0 Å². The minimum atomic E-state index is -0.977. The van der Waals surface area contributed by atoms with Crippen molar-refractivity contribution in [1.29, 1.82) is 0 Å². The van der Waals surface area contributed by atoms with Crippen molar-refractivity contribution in [2.24, 2.45) is 0 Å². The Labute approximate surface area is 217 Å². The highest BCUT2D eigenvalue weighted by atomic mass is 16.6. The normalized spacial score (nSPS) is 14.5. The molecular weight excluding hydrogens is 470 g/mol. The van der Waals surface area contributed by atoms with Crippen molar-refractivity contribution in [2.45, 2.75) is 57.6 Å². The predicted molar refractivity (Wildman–Crippen MR) is 143 cm³/mol. The molecular formula is C28H33N5O4. The van der Waals surface area contributed by atoms with Crippen LogP contribution in [0.1, 0.15) is 46.5 Å². The highest BCUT2D eigenvalue weighted by Crippen LogP contribution is 2.32. The van der Waals surface area contributed by atoms with Gasteiger partial charge in [0.05, 0.1) is 12.8 Å². The number of amides is 2. The highest BCUT2D eigenvalue weighted by molar-refractivity contribution is 6.00. The molecule has 3 N–H and O–H groups in total. The number of hydrogen-bond acceptors (Lipinski definition) is 7. The molecule has 1 heterocycles. The first-order valence-corrected chi connectivity index (χ1v) is 12.3. The molecule has 9 nitrogen and oxygen atoms in total. The van der Waals surface area contributed by atoms with Crippen molar-refractivity contribution in [1.82, 2.24) is 15.3 Å². The van der Waals surface area contributed by atoms with Crippen molar-refractivity contribution in [2.75, 3.05) is 17.7 Å². The standard InChI is InChI=1S/C28H33N5O4/c1-27(2,3)37-26(35)33-28(15-7-8-16-28)25(34)32-20-13-11-19(12-14-20)31-24-17-22(29-18-30-24)21-9-5-6-10-23(21)36-4/h5-6,9-14,17-18H,7-8,15-16H2,1-4H3,(H,32,34)(H,33,35)(H,29,30,31). The van der Waals surface area contributed by atoms with Gasteiger partial charge in [0.15, 0.2) is 0 Å². The fraction of sp³-hybridized carbons (Fsp3) is 0.357. The zero-order chi connectivity index (χ0) is 26.5. The SMILES string of the molecule is COc1ccccc1-c1cc(Nc2ccc(NC(=O)C3(NC(=O)OC(C)(C)C)CCCC3)cc2)ncn1. The summed E-state index contributed by atoms with van der Waals surface area (Å²) in [7, 11) is 1.63. The summed E-state index contributed by atoms with van der Waals surface area (Å²) >= 11 is 0. The van der Waals surface area contributed by atoms with Crippen LogP contribution < -0.4 is 20.7 Å². The number of para-hydroxylation sites is 1. The number of aromatic nitrogens is 2. The Balaban J connectivity index is 1.42. The molecule has 2 amide bonds. The summed E-state index contributed by atoms with van der Waals surface area (Å²) in [6, 6.07) is 16.8. The van der Waals surface area contributed by atoms with E-state index in [0.29, 0.717) is 24.3 Å². The van der Waals surface area contributed by atoms with Crippen LogP contribution in [-0.4, -0.2) is 40.2 Å². The first-order valence-electron chi connectivity index (χ1n) is 12.3. The summed E-state index contributed by atoms with van der Waals surface area (Å²) in [6.45, 7) is 5.39. The van der Waals surface area contributed by atoms with Crippen LogP contribution in [0.4, 0.5) is 22.0 Å². The lowest BCUT2D eigenvalue weighted by Gasteiger charge is -2.30. The number of rotatable bonds is 7. The maximum absolute atomic E-state index is 13.2. The van der Waals surface area contributed by atoms with Crippen LogP contribution in [0, 0.1) is 0 Å². The molecule has 1 fully saturated rings. The Morgan fingerprint density at radius 2 is 1.62 bits per heavy atom. The first kappa shape index (κ1) is 25.9. The van der Waals surface area contributed by atoms with E-state index in [0.717, 1.165) is 35.5 Å². The van der Waals surface area contributed by atoms with E-state index in [1.54, 1.807) is 40.0 Å². The minimum absolute atomic E-state index is 0.242. The van der Waals surface area contributed by atoms with Crippen molar-refractivity contribution in [3.05, 3.63) is 60.9 Å². The summed E-state index contributed by atoms with van der Waals surface area (Å²) in [6.07, 6.45) is 3.78. The number of hydrogen-bond donors (Lipinski definition) is 3. The van der Waals surface area contributed by atoms with Crippen molar-refractivity contribution < 1.29 is 19.1 Å². The third-order valence-corrected chi connectivity index (χ3v) is 6.10. The highest BCUT2D eigenvalue weighted by Gasteiger charge is 2.43. The van der Waals surface area contributed by atoms with Gasteiger partial charge in [0.2, 0.25) is 5.91 Å². The lowest BCUT2D eigenvalue weighted by molar-refractivity contribution is -0.122. The number of carbonyl (C=O) groups excluding carboxylic acids is 2. The molecule has 1 saturated carbocycles. The van der Waals surface area contributed by atoms with Gasteiger partial charge in [-0.2, -0.15) is 0 Å². The van der Waals surface area contributed by atoms with Crippen LogP contribution in [0.15, 0.2) is 60.9 Å². The van der Waals surface area contributed by atoms with Gasteiger partial charge in [-0.1, -0.05) is 25.0 Å². The Morgan fingerprint density at radius 3 is 2.30 bits per heavy atom. The van der Waals surface area contributed by atoms with Crippen LogP contribution in [0.3, 0.4) is 0 Å². The van der Waals surface area contributed by atoms with Gasteiger partial charge >= 0.3 is 6.09 Å². The van der Waals surface area contributed by atoms with Crippen LogP contribution in [0.2, 0.25) is 0 Å². The molecule has 9 heteroatoms. The topological polar surface area (TPSA) is 114 Å². The average molecular weight is 504 g/mol. The lowest BCUT2D eigenvalue weighted by Crippen LogP contribution is -2.55. The number of alkyl carbamates (subject to hydrolysis) is 1. The van der Waals surface area contributed by atoms with Crippen LogP contribution in [0.25, 0.3) is 11.3 Å². The van der Waals surface area contributed by atoms with Crippen LogP contribution in [0.5, 0.6) is 5.75 Å². The summed E-state index contributed by atoms with van der Waals surface area (Å²) in [5, 5.41) is 9.05. The van der Waals surface area contributed by atoms with Gasteiger partial charge < -0.3 is 25.4 Å². The average Bonchev–Trinajstić information content (AvgIpc) is 3.34. The second-order valence-corrected chi connectivity index (χ2v) is 10.1. The molecule has 0 unspecified atom stereocenters. The van der Waals surface area contributed by atoms with E-state index >= 15 is 0 Å². The van der Waals surface area contributed by atoms with E-state index < -0.39 is 17.2 Å². The van der Waals surface area contributed by atoms with E-state index in [1.165, 1.54) is 6.33 Å². The maximum Gasteiger partial charge on any atom is 0.408 e. The number of methoxy groups -OCH3 is 1. The second-order valence-electron chi connectivity index (χ2n) is 10.1. The third kappa shape index (κ3) is 6.55. The number of nitrogens with one attached hydrogen (secondary N) is 3. The lowest BCUT2D eigenvalue weighted by atomic mass is 9.96. The molecule has 1 aromatic heterocycles. The van der Waals surface area contributed by atoms with Gasteiger partial charge in [0.1, 0.15) is 29.0 Å². The molecule has 0 saturated heterocycles. The zero-order valence-corrected chi connectivity index (χ0v) is 21.6. The van der Waals surface area contributed by atoms with E-state index in [1.807, 2.05) is 42.5 Å². The number of ether oxygens (including phenoxy) is 2. The van der Waals surface area contributed by atoms with Gasteiger partial charge in [-0.15, -0.1) is 0 Å². The van der Waals surface area contributed by atoms with Gasteiger partial charge in [-0.05, 0) is 70.0 Å². The number of anilines is 3. The first-order chi connectivity index (χ1) is 17.7. The Morgan fingerprint density at radius 1 is 0.946 bits per heavy atom. The van der Waals surface area contributed by atoms with Crippen molar-refractivity contribution >= 4 is 29.2 Å². The fourth-order valence-electron chi connectivity index (χ4n) is 4.35. The van der Waals surface area contributed by atoms with Crippen molar-refractivity contribution in [3.63, 3.8) is 0 Å². The smallest absolute Gasteiger partial charge is 0.408 e. The molecule has 3 aromatic rings. The molecule has 0 atom stereocenters. The van der Waals surface area contributed by atoms with E-state index in [9.17, 15) is 9.59 Å². The molecule has 2 aromatic carbocycles. The zero-order valence-electron chi connectivity index (χ0n) is 21.6. The quantitative estimate of drug-likeness (QED) is 0.380. The Hall–Kier alpha value is -4.14. The van der Waals surface area contributed by atoms with Crippen molar-refractivity contribution in [3.8, 4) is 17.0 Å². The van der Waals surface area contributed by atoms with Gasteiger partial charge in [-0.3, -0.25) is 4.79 Å². The molecule has 1 aliphatic carbocycles. The van der Waals surface area contributed by atoms with E-state index in [4.69, 9.17) is 9.47 Å². The predicted octanol–water partition coefficient (Wildman–Crippen LogP) is 5.67. The summed E-state index contributed by atoms with van der Waals surface area (Å²) in [4.78, 5) is 34.3. The molecule has 0 aliphatic heterocycles. The summed E-state index contributed by atoms with van der Waals surface area (Å²) in [5.74, 6) is 1.11. The molecule has 0 spiro atoms. The van der Waals surface area contributed by atoms with Crippen LogP contribution >= 0.6 is 0 Å². The van der Waals surface area contributed by atoms with E-state index in [-0.39, 0.29) is 5.91 Å². The monoisotopic (exact) mass is 503 g/mol. The Kier molecular flexibility index (Phi) is 7.61. The molecule has 194 valence electrons. The number of nitrogens with zero attached hydrogens (tertiary/aromatic N) is 2. The van der Waals surface area contributed by atoms with E-state index in [2.05, 4.69) is 25.9 Å². The third-order valence-electron chi connectivity index (χ3n) is 6.10. The summed E-state index contributed by atoms with van der Waals surface area (Å²) in [5.41, 5.74) is 1.42. The summed E-state index contributed by atoms with van der Waals surface area (Å²) < 4.78 is 10.8. The van der Waals surface area contributed by atoms with Gasteiger partial charge in [-0.25, -0.2) is 14.8 Å². The minimum Gasteiger partial charge on any atom is -0.496 e. The van der Waals surface area contributed by atoms with Gasteiger partial charge in [0.25, 0.3) is 0 Å². The molecule has 4 rings (SSSR count). The number of benzene rings is 2. The molecule has 1 aliphatic rings. The number of carbonyl (C=O) groups is 2. The largest absolute Gasteiger partial charge is 0.496 e. The molecule has 0 radical (unpaired) electrons. The molecule has 37 heavy (non-hydrogen) atoms. The van der Waals surface area contributed by atoms with Crippen LogP contribution in [-0.2, 0) is 9.53 Å². The maximum atomic E-state index is 13.2. The Bertz CT molecular complexity index is 1250. The fourth-order valence-corrected chi connectivity index (χ4v) is 4.35. The molecule has 0 bridgehead atoms. The second kappa shape index (κ2) is 10.9.